The van der Waals surface area contributed by atoms with Gasteiger partial charge in [0, 0.05) is 16.3 Å². The first kappa shape index (κ1) is 20.7. The van der Waals surface area contributed by atoms with Crippen molar-refractivity contribution in [2.75, 3.05) is 15.6 Å². The lowest BCUT2D eigenvalue weighted by Gasteiger charge is -2.32. The summed E-state index contributed by atoms with van der Waals surface area (Å²) in [6.07, 6.45) is 0. The quantitative estimate of drug-likeness (QED) is 0.588. The molecule has 5 rings (SSSR count). The number of anilines is 2. The fraction of sp³-hybridized carbons (Fsp3) is 0.167. The van der Waals surface area contributed by atoms with Gasteiger partial charge in [0.1, 0.15) is 5.75 Å². The van der Waals surface area contributed by atoms with Crippen LogP contribution in [0.15, 0.2) is 72.8 Å². The number of rotatable bonds is 3. The lowest BCUT2D eigenvalue weighted by atomic mass is 10.0. The Labute approximate surface area is 190 Å². The summed E-state index contributed by atoms with van der Waals surface area (Å²) in [5.41, 5.74) is 2.74. The van der Waals surface area contributed by atoms with Crippen molar-refractivity contribution in [2.24, 2.45) is 0 Å². The van der Waals surface area contributed by atoms with Crippen molar-refractivity contribution in [1.82, 2.24) is 0 Å². The fourth-order valence-electron chi connectivity index (χ4n) is 4.63. The van der Waals surface area contributed by atoms with Crippen molar-refractivity contribution in [3.63, 3.8) is 0 Å². The van der Waals surface area contributed by atoms with Crippen LogP contribution in [-0.2, 0) is 30.8 Å². The minimum absolute atomic E-state index is 0.128. The summed E-state index contributed by atoms with van der Waals surface area (Å²) in [5.74, 6) is -2.01. The van der Waals surface area contributed by atoms with Crippen LogP contribution in [0.25, 0.3) is 0 Å². The van der Waals surface area contributed by atoms with Gasteiger partial charge in [-0.25, -0.2) is 8.42 Å². The summed E-state index contributed by atoms with van der Waals surface area (Å²) >= 11 is 6.12. The molecule has 32 heavy (non-hydrogen) atoms. The normalized spacial score (nSPS) is 21.4. The predicted molar refractivity (Wildman–Crippen MR) is 123 cm³/mol. The average molecular weight is 467 g/mol. The van der Waals surface area contributed by atoms with Crippen LogP contribution in [0.3, 0.4) is 0 Å². The van der Waals surface area contributed by atoms with Crippen molar-refractivity contribution in [2.45, 2.75) is 18.3 Å². The van der Waals surface area contributed by atoms with E-state index in [0.29, 0.717) is 22.0 Å². The van der Waals surface area contributed by atoms with Gasteiger partial charge in [-0.05, 0) is 48.4 Å². The second-order valence-electron chi connectivity index (χ2n) is 8.01. The molecule has 1 atom stereocenters. The van der Waals surface area contributed by atoms with Crippen molar-refractivity contribution in [3.8, 4) is 0 Å². The van der Waals surface area contributed by atoms with E-state index < -0.39 is 32.3 Å². The number of carbonyl (C=O) groups is 2. The molecule has 1 saturated heterocycles. The summed E-state index contributed by atoms with van der Waals surface area (Å²) < 4.78 is 27.1. The number of amides is 2. The summed E-state index contributed by atoms with van der Waals surface area (Å²) in [6.45, 7) is 1.98. The van der Waals surface area contributed by atoms with Gasteiger partial charge in [0.25, 0.3) is 10.8 Å². The molecule has 0 aliphatic carbocycles. The highest BCUT2D eigenvalue weighted by Crippen LogP contribution is 2.52. The molecule has 2 aliphatic rings. The average Bonchev–Trinajstić information content (AvgIpc) is 3.11. The molecule has 3 aromatic rings. The lowest BCUT2D eigenvalue weighted by molar-refractivity contribution is -0.123. The summed E-state index contributed by atoms with van der Waals surface area (Å²) in [4.78, 5) is 27.6. The molecule has 8 heteroatoms. The molecule has 3 aromatic carbocycles. The van der Waals surface area contributed by atoms with Crippen LogP contribution in [0.4, 0.5) is 11.4 Å². The van der Waals surface area contributed by atoms with E-state index in [1.807, 2.05) is 19.1 Å². The van der Waals surface area contributed by atoms with Crippen LogP contribution in [0.2, 0.25) is 5.02 Å². The highest BCUT2D eigenvalue weighted by molar-refractivity contribution is 7.94. The van der Waals surface area contributed by atoms with E-state index in [2.05, 4.69) is 0 Å². The number of benzene rings is 3. The minimum atomic E-state index is -4.18. The molecular weight excluding hydrogens is 448 g/mol. The van der Waals surface area contributed by atoms with Crippen LogP contribution in [0.5, 0.6) is 0 Å². The molecule has 1 spiro atoms. The predicted octanol–water partition coefficient (Wildman–Crippen LogP) is 3.81. The standard InChI is InChI=1S/C24H19ClN2O4S/c1-16-6-4-9-19(12-16)27-22(28)15-32(30,31)24(27)20-10-2-3-11-21(20)26(23(24)29)14-17-7-5-8-18(25)13-17/h2-13H,14-15H2,1H3/t24-/m1/s1. The Morgan fingerprint density at radius 3 is 2.47 bits per heavy atom. The van der Waals surface area contributed by atoms with Gasteiger partial charge in [0.05, 0.1) is 12.2 Å². The van der Waals surface area contributed by atoms with Crippen LogP contribution in [-0.4, -0.2) is 26.0 Å². The molecule has 0 aromatic heterocycles. The molecular formula is C24H19ClN2O4S. The van der Waals surface area contributed by atoms with Gasteiger partial charge >= 0.3 is 0 Å². The van der Waals surface area contributed by atoms with E-state index in [1.165, 1.54) is 4.90 Å². The second-order valence-corrected chi connectivity index (χ2v) is 10.6. The highest BCUT2D eigenvalue weighted by atomic mass is 35.5. The molecule has 2 amide bonds. The number of hydrogen-bond acceptors (Lipinski definition) is 4. The van der Waals surface area contributed by atoms with Gasteiger partial charge in [-0.1, -0.05) is 54.1 Å². The first-order chi connectivity index (χ1) is 15.3. The summed E-state index contributed by atoms with van der Waals surface area (Å²) in [7, 11) is -4.18. The van der Waals surface area contributed by atoms with Crippen LogP contribution in [0.1, 0.15) is 16.7 Å². The van der Waals surface area contributed by atoms with E-state index in [9.17, 15) is 18.0 Å². The molecule has 0 saturated carbocycles. The molecule has 162 valence electrons. The van der Waals surface area contributed by atoms with Gasteiger partial charge in [-0.3, -0.25) is 14.5 Å². The molecule has 0 radical (unpaired) electrons. The Morgan fingerprint density at radius 2 is 1.72 bits per heavy atom. The maximum atomic E-state index is 14.0. The Morgan fingerprint density at radius 1 is 0.969 bits per heavy atom. The number of aryl methyl sites for hydroxylation is 1. The Bertz CT molecular complexity index is 1390. The van der Waals surface area contributed by atoms with Crippen LogP contribution >= 0.6 is 11.6 Å². The van der Waals surface area contributed by atoms with Crippen molar-refractivity contribution >= 4 is 44.6 Å². The second kappa shape index (κ2) is 7.18. The topological polar surface area (TPSA) is 74.8 Å². The number of para-hydroxylation sites is 1. The zero-order valence-corrected chi connectivity index (χ0v) is 18.7. The van der Waals surface area contributed by atoms with Gasteiger partial charge < -0.3 is 4.90 Å². The molecule has 0 N–H and O–H groups in total. The summed E-state index contributed by atoms with van der Waals surface area (Å²) in [5, 5.41) is 0.516. The molecule has 1 fully saturated rings. The fourth-order valence-corrected chi connectivity index (χ4v) is 6.88. The molecule has 6 nitrogen and oxygen atoms in total. The number of halogens is 1. The molecule has 2 aliphatic heterocycles. The van der Waals surface area contributed by atoms with Crippen LogP contribution in [0, 0.1) is 6.92 Å². The Balaban J connectivity index is 1.74. The van der Waals surface area contributed by atoms with Gasteiger partial charge in [0.15, 0.2) is 9.84 Å². The first-order valence-corrected chi connectivity index (χ1v) is 12.1. The van der Waals surface area contributed by atoms with Crippen LogP contribution < -0.4 is 9.80 Å². The zero-order valence-electron chi connectivity index (χ0n) is 17.2. The number of carbonyl (C=O) groups excluding carboxylic acids is 2. The highest BCUT2D eigenvalue weighted by Gasteiger charge is 2.69. The Kier molecular flexibility index (Phi) is 4.65. The monoisotopic (exact) mass is 466 g/mol. The molecule has 0 unspecified atom stereocenters. The Hall–Kier alpha value is -3.16. The molecule has 0 bridgehead atoms. The van der Waals surface area contributed by atoms with Crippen molar-refractivity contribution < 1.29 is 18.0 Å². The first-order valence-electron chi connectivity index (χ1n) is 10.0. The third kappa shape index (κ3) is 2.81. The van der Waals surface area contributed by atoms with E-state index in [-0.39, 0.29) is 6.54 Å². The smallest absolute Gasteiger partial charge is 0.274 e. The summed E-state index contributed by atoms with van der Waals surface area (Å²) in [6, 6.07) is 20.8. The minimum Gasteiger partial charge on any atom is -0.304 e. The number of sulfone groups is 1. The van der Waals surface area contributed by atoms with E-state index in [4.69, 9.17) is 11.6 Å². The van der Waals surface area contributed by atoms with E-state index in [0.717, 1.165) is 16.0 Å². The van der Waals surface area contributed by atoms with Gasteiger partial charge in [0.2, 0.25) is 5.91 Å². The third-order valence-corrected chi connectivity index (χ3v) is 8.25. The maximum absolute atomic E-state index is 14.0. The molecule has 2 heterocycles. The number of fused-ring (bicyclic) bond motifs is 2. The van der Waals surface area contributed by atoms with E-state index in [1.54, 1.807) is 60.7 Å². The van der Waals surface area contributed by atoms with E-state index >= 15 is 0 Å². The number of nitrogens with zero attached hydrogens (tertiary/aromatic N) is 2. The SMILES string of the molecule is Cc1cccc(N2C(=O)CS(=O)(=O)[C@]23C(=O)N(Cc2cccc(Cl)c2)c2ccccc23)c1. The van der Waals surface area contributed by atoms with Crippen molar-refractivity contribution in [1.29, 1.82) is 0 Å². The van der Waals surface area contributed by atoms with Gasteiger partial charge in [-0.2, -0.15) is 0 Å². The van der Waals surface area contributed by atoms with Gasteiger partial charge in [-0.15, -0.1) is 0 Å². The lowest BCUT2D eigenvalue weighted by Crippen LogP contribution is -2.54. The largest absolute Gasteiger partial charge is 0.304 e. The maximum Gasteiger partial charge on any atom is 0.274 e. The third-order valence-electron chi connectivity index (χ3n) is 5.91. The number of hydrogen-bond donors (Lipinski definition) is 0. The van der Waals surface area contributed by atoms with Crippen molar-refractivity contribution in [3.05, 3.63) is 94.5 Å². The zero-order chi connectivity index (χ0) is 22.7.